The first-order valence-corrected chi connectivity index (χ1v) is 4.80. The number of rotatable bonds is 3. The second-order valence-electron chi connectivity index (χ2n) is 3.58. The van der Waals surface area contributed by atoms with Crippen molar-refractivity contribution in [3.8, 4) is 5.75 Å². The molecule has 1 aliphatic heterocycles. The minimum Gasteiger partial charge on any atom is -0.497 e. The van der Waals surface area contributed by atoms with Gasteiger partial charge < -0.3 is 10.1 Å². The van der Waals surface area contributed by atoms with Gasteiger partial charge in [-0.15, -0.1) is 0 Å². The molecule has 14 heavy (non-hydrogen) atoms. The maximum atomic E-state index is 12.9. The summed E-state index contributed by atoms with van der Waals surface area (Å²) in [7, 11) is 1.64. The van der Waals surface area contributed by atoms with Gasteiger partial charge in [-0.1, -0.05) is 12.1 Å². The lowest BCUT2D eigenvalue weighted by Crippen LogP contribution is -2.55. The number of methoxy groups -OCH3 is 1. The van der Waals surface area contributed by atoms with E-state index >= 15 is 0 Å². The van der Waals surface area contributed by atoms with E-state index in [1.807, 2.05) is 24.3 Å². The van der Waals surface area contributed by atoms with E-state index in [1.165, 1.54) is 0 Å². The van der Waals surface area contributed by atoms with Crippen LogP contribution < -0.4 is 10.1 Å². The molecule has 1 aromatic rings. The molecule has 1 heterocycles. The second-order valence-corrected chi connectivity index (χ2v) is 3.58. The van der Waals surface area contributed by atoms with Gasteiger partial charge in [-0.2, -0.15) is 0 Å². The fourth-order valence-corrected chi connectivity index (χ4v) is 1.59. The zero-order chi connectivity index (χ0) is 9.97. The summed E-state index contributed by atoms with van der Waals surface area (Å²) < 4.78 is 18.0. The zero-order valence-electron chi connectivity index (χ0n) is 8.16. The number of benzene rings is 1. The van der Waals surface area contributed by atoms with Crippen molar-refractivity contribution in [2.24, 2.45) is 0 Å². The van der Waals surface area contributed by atoms with E-state index in [-0.39, 0.29) is 6.04 Å². The Bertz CT molecular complexity index is 299. The Morgan fingerprint density at radius 1 is 1.43 bits per heavy atom. The lowest BCUT2D eigenvalue weighted by Gasteiger charge is -2.32. The predicted molar refractivity (Wildman–Crippen MR) is 53.4 cm³/mol. The molecule has 0 saturated carbocycles. The van der Waals surface area contributed by atoms with E-state index in [2.05, 4.69) is 5.32 Å². The molecule has 1 aromatic carbocycles. The molecule has 1 fully saturated rings. The van der Waals surface area contributed by atoms with E-state index < -0.39 is 6.17 Å². The first-order valence-electron chi connectivity index (χ1n) is 4.80. The molecule has 0 bridgehead atoms. The zero-order valence-corrected chi connectivity index (χ0v) is 8.16. The van der Waals surface area contributed by atoms with Gasteiger partial charge in [0.1, 0.15) is 11.9 Å². The van der Waals surface area contributed by atoms with Gasteiger partial charge in [0.25, 0.3) is 0 Å². The third-order valence-corrected chi connectivity index (χ3v) is 2.63. The fourth-order valence-electron chi connectivity index (χ4n) is 1.59. The van der Waals surface area contributed by atoms with E-state index in [4.69, 9.17) is 4.74 Å². The fraction of sp³-hybridized carbons (Fsp3) is 0.455. The molecular formula is C11H14FNO. The number of nitrogens with one attached hydrogen (secondary N) is 1. The summed E-state index contributed by atoms with van der Waals surface area (Å²) in [5.41, 5.74) is 1.14. The molecule has 0 spiro atoms. The Morgan fingerprint density at radius 2 is 2.14 bits per heavy atom. The van der Waals surface area contributed by atoms with Gasteiger partial charge in [-0.3, -0.25) is 0 Å². The summed E-state index contributed by atoms with van der Waals surface area (Å²) in [6, 6.07) is 7.77. The van der Waals surface area contributed by atoms with Gasteiger partial charge in [0.2, 0.25) is 0 Å². The van der Waals surface area contributed by atoms with Crippen LogP contribution in [0, 0.1) is 0 Å². The van der Waals surface area contributed by atoms with E-state index in [1.54, 1.807) is 7.11 Å². The molecule has 1 unspecified atom stereocenters. The lowest BCUT2D eigenvalue weighted by molar-refractivity contribution is 0.158. The van der Waals surface area contributed by atoms with Gasteiger partial charge in [-0.25, -0.2) is 4.39 Å². The highest BCUT2D eigenvalue weighted by Gasteiger charge is 2.29. The molecule has 1 aliphatic rings. The highest BCUT2D eigenvalue weighted by Crippen LogP contribution is 2.17. The molecule has 0 aliphatic carbocycles. The minimum absolute atomic E-state index is 0.00314. The molecule has 0 radical (unpaired) electrons. The number of hydrogen-bond acceptors (Lipinski definition) is 2. The Kier molecular flexibility index (Phi) is 2.68. The number of hydrogen-bond donors (Lipinski definition) is 1. The SMILES string of the molecule is COc1ccc(C[C@H]2NCC2F)cc1. The largest absolute Gasteiger partial charge is 0.497 e. The van der Waals surface area contributed by atoms with Crippen molar-refractivity contribution in [3.05, 3.63) is 29.8 Å². The molecule has 1 N–H and O–H groups in total. The van der Waals surface area contributed by atoms with Crippen molar-refractivity contribution in [2.45, 2.75) is 18.6 Å². The van der Waals surface area contributed by atoms with Crippen LogP contribution >= 0.6 is 0 Å². The van der Waals surface area contributed by atoms with Crippen LogP contribution in [-0.4, -0.2) is 25.9 Å². The number of ether oxygens (including phenoxy) is 1. The van der Waals surface area contributed by atoms with Crippen molar-refractivity contribution in [3.63, 3.8) is 0 Å². The second kappa shape index (κ2) is 3.96. The molecule has 2 rings (SSSR count). The Hall–Kier alpha value is -1.09. The average Bonchev–Trinajstić information content (AvgIpc) is 2.24. The van der Waals surface area contributed by atoms with Crippen LogP contribution in [0.5, 0.6) is 5.75 Å². The van der Waals surface area contributed by atoms with Gasteiger partial charge in [0.15, 0.2) is 0 Å². The first-order chi connectivity index (χ1) is 6.79. The smallest absolute Gasteiger partial charge is 0.128 e. The van der Waals surface area contributed by atoms with Crippen LogP contribution in [0.15, 0.2) is 24.3 Å². The molecule has 2 nitrogen and oxygen atoms in total. The van der Waals surface area contributed by atoms with E-state index in [0.29, 0.717) is 6.54 Å². The number of alkyl halides is 1. The van der Waals surface area contributed by atoms with Crippen LogP contribution in [0.1, 0.15) is 5.56 Å². The Labute approximate surface area is 83.1 Å². The molecular weight excluding hydrogens is 181 g/mol. The summed E-state index contributed by atoms with van der Waals surface area (Å²) in [4.78, 5) is 0. The van der Waals surface area contributed by atoms with Gasteiger partial charge >= 0.3 is 0 Å². The van der Waals surface area contributed by atoms with Crippen LogP contribution in [-0.2, 0) is 6.42 Å². The first kappa shape index (κ1) is 9.46. The van der Waals surface area contributed by atoms with Crippen molar-refractivity contribution < 1.29 is 9.13 Å². The molecule has 3 heteroatoms. The van der Waals surface area contributed by atoms with Crippen LogP contribution in [0.25, 0.3) is 0 Å². The maximum absolute atomic E-state index is 12.9. The summed E-state index contributed by atoms with van der Waals surface area (Å²) in [5, 5.41) is 3.07. The van der Waals surface area contributed by atoms with Crippen molar-refractivity contribution in [1.29, 1.82) is 0 Å². The van der Waals surface area contributed by atoms with E-state index in [0.717, 1.165) is 17.7 Å². The molecule has 1 saturated heterocycles. The quantitative estimate of drug-likeness (QED) is 0.790. The topological polar surface area (TPSA) is 21.3 Å². The third kappa shape index (κ3) is 1.87. The van der Waals surface area contributed by atoms with Crippen molar-refractivity contribution in [2.75, 3.05) is 13.7 Å². The Morgan fingerprint density at radius 3 is 2.57 bits per heavy atom. The lowest BCUT2D eigenvalue weighted by atomic mass is 9.96. The summed E-state index contributed by atoms with van der Waals surface area (Å²) in [6.07, 6.45) is 0.0719. The molecule has 76 valence electrons. The predicted octanol–water partition coefficient (Wildman–Crippen LogP) is 1.55. The van der Waals surface area contributed by atoms with Crippen molar-refractivity contribution >= 4 is 0 Å². The molecule has 0 amide bonds. The summed E-state index contributed by atoms with van der Waals surface area (Å²) in [6.45, 7) is 0.501. The normalized spacial score (nSPS) is 25.6. The molecule has 2 atom stereocenters. The third-order valence-electron chi connectivity index (χ3n) is 2.63. The average molecular weight is 195 g/mol. The molecule has 0 aromatic heterocycles. The number of halogens is 1. The Balaban J connectivity index is 1.96. The highest BCUT2D eigenvalue weighted by molar-refractivity contribution is 5.28. The maximum Gasteiger partial charge on any atom is 0.128 e. The summed E-state index contributed by atoms with van der Waals surface area (Å²) in [5.74, 6) is 0.840. The van der Waals surface area contributed by atoms with E-state index in [9.17, 15) is 4.39 Å². The minimum atomic E-state index is -0.683. The van der Waals surface area contributed by atoms with Crippen LogP contribution in [0.4, 0.5) is 4.39 Å². The monoisotopic (exact) mass is 195 g/mol. The van der Waals surface area contributed by atoms with Crippen molar-refractivity contribution in [1.82, 2.24) is 5.32 Å². The van der Waals surface area contributed by atoms with Crippen LogP contribution in [0.2, 0.25) is 0 Å². The van der Waals surface area contributed by atoms with Gasteiger partial charge in [-0.05, 0) is 24.1 Å². The standard InChI is InChI=1S/C11H14FNO/c1-14-9-4-2-8(3-5-9)6-11-10(12)7-13-11/h2-5,10-11,13H,6-7H2,1H3/t10?,11-/m1/s1. The highest BCUT2D eigenvalue weighted by atomic mass is 19.1. The van der Waals surface area contributed by atoms with Gasteiger partial charge in [0, 0.05) is 12.6 Å². The summed E-state index contributed by atoms with van der Waals surface area (Å²) >= 11 is 0. The van der Waals surface area contributed by atoms with Gasteiger partial charge in [0.05, 0.1) is 7.11 Å². The van der Waals surface area contributed by atoms with Crippen LogP contribution in [0.3, 0.4) is 0 Å².